The Morgan fingerprint density at radius 1 is 0.714 bits per heavy atom. The lowest BCUT2D eigenvalue weighted by atomic mass is 10.0. The summed E-state index contributed by atoms with van der Waals surface area (Å²) in [6.07, 6.45) is 6.18. The van der Waals surface area contributed by atoms with Gasteiger partial charge in [-0.3, -0.25) is 28.5 Å². The molecule has 63 heavy (non-hydrogen) atoms. The summed E-state index contributed by atoms with van der Waals surface area (Å²) in [5.74, 6) is -5.64. The summed E-state index contributed by atoms with van der Waals surface area (Å²) in [6.45, 7) is 8.22. The Morgan fingerprint density at radius 3 is 1.76 bits per heavy atom. The van der Waals surface area contributed by atoms with Crippen LogP contribution in [0.2, 0.25) is 0 Å². The van der Waals surface area contributed by atoms with E-state index in [2.05, 4.69) is 43.1 Å². The number of fused-ring (bicyclic) bond motifs is 1. The fourth-order valence-corrected chi connectivity index (χ4v) is 7.12. The van der Waals surface area contributed by atoms with Crippen LogP contribution in [-0.2, 0) is 19.1 Å². The lowest BCUT2D eigenvalue weighted by Gasteiger charge is -2.19. The first kappa shape index (κ1) is 45.5. The molecule has 326 valence electrons. The summed E-state index contributed by atoms with van der Waals surface area (Å²) in [5, 5.41) is 10.5. The molecule has 0 saturated carbocycles. The molecule has 1 atom stereocenters. The Morgan fingerprint density at radius 2 is 1.25 bits per heavy atom. The fraction of sp³-hybridized carbons (Fsp3) is 0.261. The number of carbonyl (C=O) groups excluding carboxylic acids is 5. The van der Waals surface area contributed by atoms with Crippen molar-refractivity contribution >= 4 is 75.3 Å². The van der Waals surface area contributed by atoms with Gasteiger partial charge in [0.15, 0.2) is 11.7 Å². The number of nitrogens with zero attached hydrogens (tertiary/aromatic N) is 4. The number of hydrogen-bond donors (Lipinski definition) is 4. The van der Waals surface area contributed by atoms with E-state index in [4.69, 9.17) is 4.74 Å². The summed E-state index contributed by atoms with van der Waals surface area (Å²) in [5.41, 5.74) is 2.11. The van der Waals surface area contributed by atoms with Crippen LogP contribution in [-0.4, -0.2) is 61.5 Å². The topological polar surface area (TPSA) is 186 Å². The molecule has 0 spiro atoms. The van der Waals surface area contributed by atoms with Crippen LogP contribution >= 0.6 is 11.8 Å². The van der Waals surface area contributed by atoms with Crippen LogP contribution in [0.4, 0.5) is 31.5 Å². The number of anilines is 4. The first-order valence-corrected chi connectivity index (χ1v) is 21.2. The minimum absolute atomic E-state index is 0.0109. The van der Waals surface area contributed by atoms with E-state index in [9.17, 15) is 24.0 Å². The van der Waals surface area contributed by atoms with Crippen LogP contribution in [0.1, 0.15) is 77.4 Å². The highest BCUT2D eigenvalue weighted by atomic mass is 32.2. The zero-order valence-corrected chi connectivity index (χ0v) is 35.9. The number of esters is 1. The van der Waals surface area contributed by atoms with E-state index in [-0.39, 0.29) is 45.6 Å². The number of carbonyl (C=O) groups is 5. The van der Waals surface area contributed by atoms with Gasteiger partial charge in [0.1, 0.15) is 28.5 Å². The smallest absolute Gasteiger partial charge is 0.316 e. The monoisotopic (exact) mass is 876 g/mol. The summed E-state index contributed by atoms with van der Waals surface area (Å²) >= 11 is 1.02. The average Bonchev–Trinajstić information content (AvgIpc) is 3.70. The lowest BCUT2D eigenvalue weighted by molar-refractivity contribution is -0.142. The molecule has 4 N–H and O–H groups in total. The van der Waals surface area contributed by atoms with Crippen LogP contribution in [0.5, 0.6) is 0 Å². The van der Waals surface area contributed by atoms with Gasteiger partial charge in [-0.2, -0.15) is 0 Å². The van der Waals surface area contributed by atoms with Crippen LogP contribution < -0.4 is 21.3 Å². The number of ether oxygens (including phenoxy) is 1. The number of thioether (sulfide) groups is 1. The highest BCUT2D eigenvalue weighted by molar-refractivity contribution is 8.00. The van der Waals surface area contributed by atoms with Gasteiger partial charge >= 0.3 is 5.97 Å². The minimum atomic E-state index is -1.95. The zero-order valence-electron chi connectivity index (χ0n) is 35.0. The van der Waals surface area contributed by atoms with Crippen LogP contribution in [0.15, 0.2) is 103 Å². The van der Waals surface area contributed by atoms with E-state index in [1.807, 2.05) is 20.8 Å². The van der Waals surface area contributed by atoms with E-state index >= 15 is 8.78 Å². The number of unbranched alkanes of at least 4 members (excludes halogenated alkanes) is 1. The molecule has 0 aliphatic heterocycles. The molecule has 1 unspecified atom stereocenters. The predicted molar refractivity (Wildman–Crippen MR) is 238 cm³/mol. The first-order valence-electron chi connectivity index (χ1n) is 20.3. The molecule has 0 aliphatic rings. The molecule has 0 aliphatic carbocycles. The van der Waals surface area contributed by atoms with Crippen molar-refractivity contribution in [2.45, 2.75) is 64.4 Å². The Bertz CT molecular complexity index is 2500. The largest absolute Gasteiger partial charge is 0.465 e. The van der Waals surface area contributed by atoms with E-state index in [0.29, 0.717) is 11.4 Å². The van der Waals surface area contributed by atoms with Crippen molar-refractivity contribution in [3.8, 4) is 0 Å². The molecule has 6 aromatic rings. The summed E-state index contributed by atoms with van der Waals surface area (Å²) in [4.78, 5) is 80.6. The van der Waals surface area contributed by atoms with Gasteiger partial charge in [-0.1, -0.05) is 80.3 Å². The summed E-state index contributed by atoms with van der Waals surface area (Å²) < 4.78 is 37.4. The third-order valence-corrected chi connectivity index (χ3v) is 11.0. The number of aromatic nitrogens is 4. The normalized spacial score (nSPS) is 11.5. The standard InChI is InChI=1S/C46H46F2N8O6S/c1-5-7-8-29(6-2)23-62-38(57)24-63-46-39-41(49-25-50-46)56(26-51-39)40(44(60)54-36-21-30(13-19-34(36)47)42(58)52-32-15-9-27(3)10-16-32)45(61)55-37-22-31(14-20-35(37)48)43(59)53-33-17-11-28(4)12-18-33/h9-22,25-26,29,40H,5-8,23-24H2,1-4H3,(H,52,58)(H,53,59)(H,54,60)(H,55,61). The SMILES string of the molecule is CCCCC(CC)COC(=O)CSc1ncnc2c1ncn2C(C(=O)Nc1cc(C(=O)Nc2ccc(C)cc2)ccc1F)C(=O)Nc1cc(C(=O)Nc2ccc(C)cc2)ccc1F. The molecule has 2 heterocycles. The predicted octanol–water partition coefficient (Wildman–Crippen LogP) is 8.90. The fourth-order valence-electron chi connectivity index (χ4n) is 6.38. The second-order valence-electron chi connectivity index (χ2n) is 14.8. The van der Waals surface area contributed by atoms with Gasteiger partial charge in [-0.25, -0.2) is 23.7 Å². The number of nitrogens with one attached hydrogen (secondary N) is 4. The molecular weight excluding hydrogens is 831 g/mol. The van der Waals surface area contributed by atoms with Crippen molar-refractivity contribution in [2.24, 2.45) is 5.92 Å². The lowest BCUT2D eigenvalue weighted by Crippen LogP contribution is -2.36. The maximum atomic E-state index is 15.4. The van der Waals surface area contributed by atoms with Crippen molar-refractivity contribution in [3.05, 3.63) is 131 Å². The third kappa shape index (κ3) is 11.9. The minimum Gasteiger partial charge on any atom is -0.465 e. The van der Waals surface area contributed by atoms with Crippen molar-refractivity contribution < 1.29 is 37.5 Å². The number of amides is 4. The number of benzene rings is 4. The van der Waals surface area contributed by atoms with Gasteiger partial charge in [0.05, 0.1) is 30.1 Å². The van der Waals surface area contributed by atoms with Gasteiger partial charge in [0.2, 0.25) is 0 Å². The third-order valence-electron chi connectivity index (χ3n) is 10.0. The molecule has 17 heteroatoms. The Kier molecular flexibility index (Phi) is 15.3. The van der Waals surface area contributed by atoms with Gasteiger partial charge in [-0.15, -0.1) is 0 Å². The van der Waals surface area contributed by atoms with Crippen molar-refractivity contribution in [3.63, 3.8) is 0 Å². The Labute approximate surface area is 366 Å². The molecule has 2 aromatic heterocycles. The number of halogens is 2. The molecule has 4 aromatic carbocycles. The quantitative estimate of drug-likeness (QED) is 0.0281. The molecule has 0 bridgehead atoms. The maximum absolute atomic E-state index is 15.4. The number of rotatable bonds is 18. The second kappa shape index (κ2) is 21.2. The van der Waals surface area contributed by atoms with Gasteiger partial charge in [0.25, 0.3) is 23.6 Å². The Balaban J connectivity index is 1.28. The average molecular weight is 877 g/mol. The number of aryl methyl sites for hydroxylation is 2. The van der Waals surface area contributed by atoms with E-state index < -0.39 is 58.6 Å². The molecule has 4 amide bonds. The summed E-state index contributed by atoms with van der Waals surface area (Å²) in [6, 6.07) is 18.7. The second-order valence-corrected chi connectivity index (χ2v) is 15.8. The highest BCUT2D eigenvalue weighted by Crippen LogP contribution is 2.28. The molecular formula is C46H46F2N8O6S. The van der Waals surface area contributed by atoms with Crippen molar-refractivity contribution in [2.75, 3.05) is 33.6 Å². The molecule has 0 fully saturated rings. The van der Waals surface area contributed by atoms with Crippen molar-refractivity contribution in [1.29, 1.82) is 0 Å². The Hall–Kier alpha value is -7.01. The zero-order chi connectivity index (χ0) is 45.0. The van der Waals surface area contributed by atoms with E-state index in [1.165, 1.54) is 12.1 Å². The van der Waals surface area contributed by atoms with Gasteiger partial charge in [0, 0.05) is 22.5 Å². The molecule has 0 radical (unpaired) electrons. The van der Waals surface area contributed by atoms with Gasteiger partial charge < -0.3 is 26.0 Å². The van der Waals surface area contributed by atoms with E-state index in [0.717, 1.165) is 90.1 Å². The number of imidazole rings is 1. The van der Waals surface area contributed by atoms with Crippen molar-refractivity contribution in [1.82, 2.24) is 19.5 Å². The molecule has 0 saturated heterocycles. The van der Waals surface area contributed by atoms with Gasteiger partial charge in [-0.05, 0) is 86.8 Å². The van der Waals surface area contributed by atoms with Crippen LogP contribution in [0, 0.1) is 31.4 Å². The van der Waals surface area contributed by atoms with Crippen LogP contribution in [0.3, 0.4) is 0 Å². The van der Waals surface area contributed by atoms with E-state index in [1.54, 1.807) is 48.5 Å². The first-order chi connectivity index (χ1) is 30.3. The number of hydrogen-bond acceptors (Lipinski definition) is 10. The molecule has 14 nitrogen and oxygen atoms in total. The van der Waals surface area contributed by atoms with Crippen LogP contribution in [0.25, 0.3) is 11.2 Å². The highest BCUT2D eigenvalue weighted by Gasteiger charge is 2.33. The summed E-state index contributed by atoms with van der Waals surface area (Å²) in [7, 11) is 0. The maximum Gasteiger partial charge on any atom is 0.316 e. The molecule has 6 rings (SSSR count).